The molecule has 0 atom stereocenters. The fourth-order valence-corrected chi connectivity index (χ4v) is 6.62. The topological polar surface area (TPSA) is 59.9 Å². The molecule has 0 fully saturated rings. The second-order valence-electron chi connectivity index (χ2n) is 8.49. The van der Waals surface area contributed by atoms with Gasteiger partial charge in [-0.2, -0.15) is 5.10 Å². The van der Waals surface area contributed by atoms with Crippen LogP contribution in [0.3, 0.4) is 0 Å². The Kier molecular flexibility index (Phi) is 7.74. The van der Waals surface area contributed by atoms with E-state index in [-0.39, 0.29) is 5.56 Å². The van der Waals surface area contributed by atoms with E-state index >= 15 is 0 Å². The van der Waals surface area contributed by atoms with Gasteiger partial charge < -0.3 is 9.30 Å². The molecule has 0 spiro atoms. The predicted molar refractivity (Wildman–Crippen MR) is 124 cm³/mol. The predicted octanol–water partition coefficient (Wildman–Crippen LogP) is 5.09. The number of H-pyrrole nitrogens is 1. The van der Waals surface area contributed by atoms with Crippen LogP contribution in [0.25, 0.3) is 10.9 Å². The highest BCUT2D eigenvalue weighted by molar-refractivity contribution is 6.87. The third-order valence-electron chi connectivity index (χ3n) is 5.52. The van der Waals surface area contributed by atoms with Crippen LogP contribution in [0.2, 0.25) is 49.0 Å². The number of rotatable bonds is 8. The van der Waals surface area contributed by atoms with Crippen LogP contribution in [0.15, 0.2) is 11.0 Å². The van der Waals surface area contributed by atoms with Crippen molar-refractivity contribution in [2.45, 2.75) is 71.3 Å². The minimum absolute atomic E-state index is 0.263. The van der Waals surface area contributed by atoms with Gasteiger partial charge in [-0.3, -0.25) is 4.79 Å². The van der Waals surface area contributed by atoms with Crippen molar-refractivity contribution in [1.29, 1.82) is 0 Å². The summed E-state index contributed by atoms with van der Waals surface area (Å²) in [5.41, 5.74) is 4.55. The Labute approximate surface area is 174 Å². The molecule has 0 bridgehead atoms. The van der Waals surface area contributed by atoms with E-state index < -0.39 is 16.1 Å². The lowest BCUT2D eigenvalue weighted by molar-refractivity contribution is 0.0903. The van der Waals surface area contributed by atoms with E-state index in [9.17, 15) is 4.79 Å². The molecule has 0 saturated heterocycles. The van der Waals surface area contributed by atoms with Gasteiger partial charge in [0.15, 0.2) is 0 Å². The Bertz CT molecular complexity index is 923. The highest BCUT2D eigenvalue weighted by Crippen LogP contribution is 2.28. The zero-order valence-corrected chi connectivity index (χ0v) is 20.7. The Morgan fingerprint density at radius 3 is 2.43 bits per heavy atom. The lowest BCUT2D eigenvalue weighted by Gasteiger charge is -2.19. The molecule has 2 aromatic rings. The van der Waals surface area contributed by atoms with Crippen molar-refractivity contribution in [3.8, 4) is 11.5 Å². The largest absolute Gasteiger partial charge is 0.361 e. The monoisotopic (exact) mass is 437 g/mol. The summed E-state index contributed by atoms with van der Waals surface area (Å²) in [7, 11) is -2.82. The van der Waals surface area contributed by atoms with Gasteiger partial charge in [0.1, 0.15) is 20.0 Å². The third-order valence-corrected chi connectivity index (χ3v) is 12.3. The van der Waals surface area contributed by atoms with Crippen molar-refractivity contribution < 1.29 is 4.74 Å². The van der Waals surface area contributed by atoms with Crippen molar-refractivity contribution in [3.05, 3.63) is 27.3 Å². The number of aromatic amines is 1. The van der Waals surface area contributed by atoms with Crippen LogP contribution in [-0.2, 0) is 11.5 Å². The SMILES string of the molecule is CC[Si](C#Cc1c(Cl)n(COCC[Si](C)(C)C)c2cn[nH]c(=O)c12)(CC)CC. The van der Waals surface area contributed by atoms with Crippen LogP contribution in [0.4, 0.5) is 0 Å². The van der Waals surface area contributed by atoms with Gasteiger partial charge in [-0.05, 0) is 24.2 Å². The van der Waals surface area contributed by atoms with Gasteiger partial charge in [0.2, 0.25) is 0 Å². The first-order chi connectivity index (χ1) is 13.2. The summed E-state index contributed by atoms with van der Waals surface area (Å²) in [6.07, 6.45) is 1.62. The van der Waals surface area contributed by atoms with Gasteiger partial charge in [0.25, 0.3) is 5.56 Å². The van der Waals surface area contributed by atoms with Crippen molar-refractivity contribution in [2.24, 2.45) is 0 Å². The quantitative estimate of drug-likeness (QED) is 0.355. The first-order valence-corrected chi connectivity index (χ1v) is 16.7. The van der Waals surface area contributed by atoms with E-state index in [0.29, 0.717) is 35.0 Å². The number of nitrogens with one attached hydrogen (secondary N) is 1. The zero-order valence-electron chi connectivity index (χ0n) is 17.9. The summed E-state index contributed by atoms with van der Waals surface area (Å²) >= 11 is 6.68. The van der Waals surface area contributed by atoms with Crippen LogP contribution < -0.4 is 5.56 Å². The minimum Gasteiger partial charge on any atom is -0.361 e. The summed E-state index contributed by atoms with van der Waals surface area (Å²) in [6.45, 7) is 14.6. The average Bonchev–Trinajstić information content (AvgIpc) is 2.92. The summed E-state index contributed by atoms with van der Waals surface area (Å²) in [6, 6.07) is 4.37. The molecule has 2 heterocycles. The number of aromatic nitrogens is 3. The van der Waals surface area contributed by atoms with Gasteiger partial charge in [-0.1, -0.05) is 57.9 Å². The molecule has 8 heteroatoms. The molecule has 0 aliphatic heterocycles. The van der Waals surface area contributed by atoms with Crippen molar-refractivity contribution in [2.75, 3.05) is 6.61 Å². The lowest BCUT2D eigenvalue weighted by Crippen LogP contribution is -2.29. The van der Waals surface area contributed by atoms with E-state index in [4.69, 9.17) is 16.3 Å². The number of ether oxygens (including phenoxy) is 1. The van der Waals surface area contributed by atoms with E-state index in [1.54, 1.807) is 10.8 Å². The number of halogens is 1. The van der Waals surface area contributed by atoms with E-state index in [0.717, 1.165) is 24.2 Å². The minimum atomic E-state index is -1.65. The van der Waals surface area contributed by atoms with Gasteiger partial charge in [0.05, 0.1) is 22.7 Å². The van der Waals surface area contributed by atoms with Crippen LogP contribution in [-0.4, -0.2) is 37.5 Å². The molecular formula is C20H32ClN3O2Si2. The maximum atomic E-state index is 12.5. The van der Waals surface area contributed by atoms with Crippen molar-refractivity contribution in [3.63, 3.8) is 0 Å². The number of nitrogens with zero attached hydrogens (tertiary/aromatic N) is 2. The molecule has 0 aromatic carbocycles. The Balaban J connectivity index is 2.45. The summed E-state index contributed by atoms with van der Waals surface area (Å²) in [4.78, 5) is 12.5. The van der Waals surface area contributed by atoms with Crippen LogP contribution in [0, 0.1) is 11.5 Å². The van der Waals surface area contributed by atoms with Gasteiger partial charge in [0, 0.05) is 14.7 Å². The molecule has 28 heavy (non-hydrogen) atoms. The van der Waals surface area contributed by atoms with Crippen molar-refractivity contribution in [1.82, 2.24) is 14.8 Å². The van der Waals surface area contributed by atoms with Crippen LogP contribution >= 0.6 is 11.6 Å². The zero-order chi connectivity index (χ0) is 20.9. The smallest absolute Gasteiger partial charge is 0.274 e. The third kappa shape index (κ3) is 5.17. The molecule has 5 nitrogen and oxygen atoms in total. The number of hydrogen-bond acceptors (Lipinski definition) is 3. The van der Waals surface area contributed by atoms with Gasteiger partial charge >= 0.3 is 0 Å². The molecule has 2 rings (SSSR count). The Hall–Kier alpha value is -1.34. The van der Waals surface area contributed by atoms with E-state index in [2.05, 4.69) is 62.1 Å². The molecule has 0 amide bonds. The van der Waals surface area contributed by atoms with E-state index in [1.807, 2.05) is 0 Å². The fourth-order valence-electron chi connectivity index (χ4n) is 3.16. The number of fused-ring (bicyclic) bond motifs is 1. The maximum Gasteiger partial charge on any atom is 0.274 e. The van der Waals surface area contributed by atoms with Crippen LogP contribution in [0.5, 0.6) is 0 Å². The lowest BCUT2D eigenvalue weighted by atomic mass is 10.2. The second kappa shape index (κ2) is 9.44. The normalized spacial score (nSPS) is 12.2. The van der Waals surface area contributed by atoms with Gasteiger partial charge in [-0.15, -0.1) is 5.54 Å². The standard InChI is InChI=1S/C20H32ClN3O2Si2/c1-7-28(8-2,9-3)12-10-16-18-17(14-22-23-20(18)25)24(19(16)21)15-26-11-13-27(4,5)6/h14H,7-9,11,13,15H2,1-6H3,(H,23,25). The fraction of sp³-hybridized carbons (Fsp3) is 0.600. The van der Waals surface area contributed by atoms with Gasteiger partial charge in [-0.25, -0.2) is 5.10 Å². The molecule has 0 unspecified atom stereocenters. The van der Waals surface area contributed by atoms with E-state index in [1.165, 1.54) is 0 Å². The highest BCUT2D eigenvalue weighted by atomic mass is 35.5. The molecule has 0 saturated carbocycles. The average molecular weight is 438 g/mol. The highest BCUT2D eigenvalue weighted by Gasteiger charge is 2.25. The molecule has 2 aromatic heterocycles. The second-order valence-corrected chi connectivity index (χ2v) is 19.4. The first kappa shape index (κ1) is 22.9. The Morgan fingerprint density at radius 2 is 1.86 bits per heavy atom. The van der Waals surface area contributed by atoms with Crippen LogP contribution in [0.1, 0.15) is 26.3 Å². The summed E-state index contributed by atoms with van der Waals surface area (Å²) in [5, 5.41) is 7.42. The molecule has 0 aliphatic rings. The molecule has 0 aliphatic carbocycles. The molecule has 154 valence electrons. The molecule has 1 N–H and O–H groups in total. The first-order valence-electron chi connectivity index (χ1n) is 10.0. The Morgan fingerprint density at radius 1 is 1.21 bits per heavy atom. The molecular weight excluding hydrogens is 406 g/mol. The summed E-state index contributed by atoms with van der Waals surface area (Å²) in [5.74, 6) is 3.29. The van der Waals surface area contributed by atoms with Crippen molar-refractivity contribution >= 4 is 38.7 Å². The maximum absolute atomic E-state index is 12.5. The molecule has 0 radical (unpaired) electrons. The number of hydrogen-bond donors (Lipinski definition) is 1. The summed E-state index contributed by atoms with van der Waals surface area (Å²) < 4.78 is 7.69.